The number of carboxylic acids is 2. The second-order valence-electron chi connectivity index (χ2n) is 11.1. The Morgan fingerprint density at radius 1 is 0.776 bits per heavy atom. The number of aromatic carboxylic acids is 2. The third-order valence-corrected chi connectivity index (χ3v) is 8.57. The molecule has 13 nitrogen and oxygen atoms in total. The molecule has 6 rings (SSSR count). The summed E-state index contributed by atoms with van der Waals surface area (Å²) in [6.07, 6.45) is 0. The average Bonchev–Trinajstić information content (AvgIpc) is 3.77. The number of halogens is 1. The number of methoxy groups -OCH3 is 1. The van der Waals surface area contributed by atoms with E-state index in [4.69, 9.17) is 9.15 Å². The van der Waals surface area contributed by atoms with Crippen molar-refractivity contribution in [2.45, 2.75) is 19.8 Å². The van der Waals surface area contributed by atoms with Gasteiger partial charge in [-0.05, 0) is 80.6 Å². The molecule has 3 heterocycles. The zero-order chi connectivity index (χ0) is 35.1. The molecule has 0 bridgehead atoms. The Morgan fingerprint density at radius 3 is 1.80 bits per heavy atom. The van der Waals surface area contributed by atoms with Gasteiger partial charge in [-0.2, -0.15) is 0 Å². The van der Waals surface area contributed by atoms with Gasteiger partial charge in [0.15, 0.2) is 0 Å². The van der Waals surface area contributed by atoms with Crippen molar-refractivity contribution in [1.82, 2.24) is 19.6 Å². The van der Waals surface area contributed by atoms with Gasteiger partial charge in [-0.1, -0.05) is 28.1 Å². The number of aromatic amines is 2. The lowest BCUT2D eigenvalue weighted by Gasteiger charge is -2.13. The number of H-pyrrole nitrogens is 2. The zero-order valence-electron chi connectivity index (χ0n) is 26.1. The fourth-order valence-electron chi connectivity index (χ4n) is 5.81. The molecule has 0 aliphatic rings. The monoisotopic (exact) mass is 726 g/mol. The molecule has 0 saturated heterocycles. The highest BCUT2D eigenvalue weighted by molar-refractivity contribution is 9.10. The van der Waals surface area contributed by atoms with Gasteiger partial charge in [0.2, 0.25) is 0 Å². The van der Waals surface area contributed by atoms with Crippen LogP contribution in [0, 0.1) is 13.8 Å². The first-order valence-electron chi connectivity index (χ1n) is 14.7. The van der Waals surface area contributed by atoms with E-state index in [9.17, 15) is 34.2 Å². The van der Waals surface area contributed by atoms with Crippen LogP contribution in [0.15, 0.2) is 97.3 Å². The summed E-state index contributed by atoms with van der Waals surface area (Å²) in [6, 6.07) is 19.8. The second-order valence-corrected chi connectivity index (χ2v) is 12.0. The number of benzene rings is 3. The van der Waals surface area contributed by atoms with Crippen LogP contribution >= 0.6 is 15.9 Å². The molecule has 3 aromatic carbocycles. The summed E-state index contributed by atoms with van der Waals surface area (Å²) in [5, 5.41) is 25.1. The molecule has 0 fully saturated rings. The number of carbonyl (C=O) groups is 3. The smallest absolute Gasteiger partial charge is 0.338 e. The number of carbonyl (C=O) groups excluding carboxylic acids is 1. The molecule has 6 aromatic rings. The predicted octanol–water partition coefficient (Wildman–Crippen LogP) is 5.65. The Bertz CT molecular complexity index is 2290. The molecule has 0 atom stereocenters. The summed E-state index contributed by atoms with van der Waals surface area (Å²) in [6.45, 7) is 3.29. The van der Waals surface area contributed by atoms with E-state index in [1.165, 1.54) is 52.9 Å². The molecule has 0 radical (unpaired) electrons. The average molecular weight is 728 g/mol. The van der Waals surface area contributed by atoms with Crippen molar-refractivity contribution >= 4 is 33.8 Å². The van der Waals surface area contributed by atoms with Crippen molar-refractivity contribution in [2.75, 3.05) is 7.11 Å². The highest BCUT2D eigenvalue weighted by atomic mass is 79.9. The van der Waals surface area contributed by atoms with Crippen LogP contribution in [0.3, 0.4) is 0 Å². The van der Waals surface area contributed by atoms with Gasteiger partial charge in [0, 0.05) is 21.4 Å². The van der Waals surface area contributed by atoms with Crippen molar-refractivity contribution < 1.29 is 33.8 Å². The molecular weight excluding hydrogens is 700 g/mol. The first kappa shape index (κ1) is 32.8. The predicted molar refractivity (Wildman–Crippen MR) is 180 cm³/mol. The highest BCUT2D eigenvalue weighted by Gasteiger charge is 2.34. The molecule has 0 amide bonds. The van der Waals surface area contributed by atoms with Gasteiger partial charge >= 0.3 is 17.9 Å². The molecule has 0 spiro atoms. The maximum atomic E-state index is 14.3. The zero-order valence-corrected chi connectivity index (χ0v) is 27.7. The standard InChI is InChI=1S/C35H27BrN4O9/c1-17-28(31(41)39(37-17)22-8-4-6-19(14-22)33(43)44)30(27-13-12-26(49-27)24-11-10-21(36)16-25(24)35(47)48-3)29-18(2)38-40(32(29)42)23-9-5-7-20(15-23)34(45)46/h4-16,30,37-38H,1-3H3,(H,43,44)(H,45,46). The van der Waals surface area contributed by atoms with Gasteiger partial charge in [-0.25, -0.2) is 23.7 Å². The number of esters is 1. The molecular formula is C35H27BrN4O9. The minimum Gasteiger partial charge on any atom is -0.478 e. The quantitative estimate of drug-likeness (QED) is 0.137. The summed E-state index contributed by atoms with van der Waals surface area (Å²) >= 11 is 3.37. The Morgan fingerprint density at radius 2 is 1.31 bits per heavy atom. The summed E-state index contributed by atoms with van der Waals surface area (Å²) in [5.74, 6) is -3.62. The maximum absolute atomic E-state index is 14.3. The van der Waals surface area contributed by atoms with E-state index in [1.54, 1.807) is 56.3 Å². The molecule has 14 heteroatoms. The number of aryl methyl sites for hydroxylation is 2. The second kappa shape index (κ2) is 12.8. The molecule has 3 aromatic heterocycles. The van der Waals surface area contributed by atoms with Crippen LogP contribution in [0.5, 0.6) is 0 Å². The third kappa shape index (κ3) is 5.93. The minimum atomic E-state index is -1.17. The molecule has 0 aliphatic heterocycles. The number of hydrogen-bond acceptors (Lipinski definition) is 7. The van der Waals surface area contributed by atoms with Gasteiger partial charge in [0.25, 0.3) is 11.1 Å². The number of nitrogens with zero attached hydrogens (tertiary/aromatic N) is 2. The first-order valence-corrected chi connectivity index (χ1v) is 15.5. The summed E-state index contributed by atoms with van der Waals surface area (Å²) in [5.41, 5.74) is 0.931. The topological polar surface area (TPSA) is 190 Å². The Hall–Kier alpha value is -6.15. The lowest BCUT2D eigenvalue weighted by molar-refractivity contribution is 0.0599. The van der Waals surface area contributed by atoms with E-state index in [0.717, 1.165) is 0 Å². The van der Waals surface area contributed by atoms with Gasteiger partial charge < -0.3 is 19.4 Å². The molecule has 4 N–H and O–H groups in total. The van der Waals surface area contributed by atoms with Gasteiger partial charge in [-0.3, -0.25) is 19.8 Å². The maximum Gasteiger partial charge on any atom is 0.338 e. The van der Waals surface area contributed by atoms with Crippen molar-refractivity contribution in [3.8, 4) is 22.7 Å². The van der Waals surface area contributed by atoms with E-state index in [2.05, 4.69) is 26.1 Å². The van der Waals surface area contributed by atoms with Crippen LogP contribution in [-0.4, -0.2) is 54.8 Å². The third-order valence-electron chi connectivity index (χ3n) is 8.08. The highest BCUT2D eigenvalue weighted by Crippen LogP contribution is 2.37. The minimum absolute atomic E-state index is 0.0331. The summed E-state index contributed by atoms with van der Waals surface area (Å²) < 4.78 is 14.3. The van der Waals surface area contributed by atoms with Gasteiger partial charge in [-0.15, -0.1) is 0 Å². The van der Waals surface area contributed by atoms with Crippen LogP contribution < -0.4 is 11.1 Å². The number of nitrogens with one attached hydrogen (secondary N) is 2. The van der Waals surface area contributed by atoms with E-state index in [0.29, 0.717) is 21.4 Å². The van der Waals surface area contributed by atoms with E-state index < -0.39 is 34.9 Å². The van der Waals surface area contributed by atoms with Crippen molar-refractivity contribution in [2.24, 2.45) is 0 Å². The number of carboxylic acid groups (broad SMARTS) is 2. The van der Waals surface area contributed by atoms with E-state index >= 15 is 0 Å². The Labute approximate surface area is 285 Å². The van der Waals surface area contributed by atoms with Crippen LogP contribution in [0.25, 0.3) is 22.7 Å². The fourth-order valence-corrected chi connectivity index (χ4v) is 6.17. The lowest BCUT2D eigenvalue weighted by Crippen LogP contribution is -2.25. The fraction of sp³-hybridized carbons (Fsp3) is 0.114. The van der Waals surface area contributed by atoms with E-state index in [-0.39, 0.29) is 50.7 Å². The number of furan rings is 1. The van der Waals surface area contributed by atoms with Gasteiger partial charge in [0.05, 0.1) is 52.2 Å². The number of rotatable bonds is 9. The number of hydrogen-bond donors (Lipinski definition) is 4. The number of ether oxygens (including phenoxy) is 1. The van der Waals surface area contributed by atoms with Crippen LogP contribution in [0.4, 0.5) is 0 Å². The van der Waals surface area contributed by atoms with Crippen molar-refractivity contribution in [3.63, 3.8) is 0 Å². The van der Waals surface area contributed by atoms with Crippen LogP contribution in [0.1, 0.15) is 65.3 Å². The van der Waals surface area contributed by atoms with Crippen molar-refractivity contribution in [1.29, 1.82) is 0 Å². The normalized spacial score (nSPS) is 11.2. The Balaban J connectivity index is 1.59. The number of aromatic nitrogens is 4. The van der Waals surface area contributed by atoms with E-state index in [1.807, 2.05) is 0 Å². The largest absolute Gasteiger partial charge is 0.478 e. The lowest BCUT2D eigenvalue weighted by atomic mass is 9.89. The van der Waals surface area contributed by atoms with Gasteiger partial charge in [0.1, 0.15) is 11.5 Å². The van der Waals surface area contributed by atoms with Crippen LogP contribution in [0.2, 0.25) is 0 Å². The molecule has 49 heavy (non-hydrogen) atoms. The SMILES string of the molecule is COC(=O)c1cc(Br)ccc1-c1ccc(C(c2c(C)[nH]n(-c3cccc(C(=O)O)c3)c2=O)c2c(C)[nH]n(-c3cccc(C(=O)O)c3)c2=O)o1. The molecule has 0 aliphatic carbocycles. The Kier molecular flexibility index (Phi) is 8.57. The summed E-state index contributed by atoms with van der Waals surface area (Å²) in [7, 11) is 1.26. The summed E-state index contributed by atoms with van der Waals surface area (Å²) in [4.78, 5) is 64.6. The van der Waals surface area contributed by atoms with Crippen LogP contribution in [-0.2, 0) is 4.74 Å². The molecule has 0 saturated carbocycles. The van der Waals surface area contributed by atoms with Crippen molar-refractivity contribution in [3.05, 3.63) is 149 Å². The molecule has 248 valence electrons. The molecule has 0 unspecified atom stereocenters. The first-order chi connectivity index (χ1) is 23.4.